The molecular formula is C11H13NO2S. The molecule has 0 saturated carbocycles. The maximum atomic E-state index is 10.6. The highest BCUT2D eigenvalue weighted by atomic mass is 32.2. The number of aliphatic carboxylic acids is 1. The second-order valence-corrected chi connectivity index (χ2v) is 4.67. The molecule has 80 valence electrons. The Morgan fingerprint density at radius 1 is 1.53 bits per heavy atom. The highest BCUT2D eigenvalue weighted by Crippen LogP contribution is 2.31. The summed E-state index contributed by atoms with van der Waals surface area (Å²) in [5, 5.41) is 12.0. The summed E-state index contributed by atoms with van der Waals surface area (Å²) in [5.41, 5.74) is 1.94. The second kappa shape index (κ2) is 4.57. The minimum Gasteiger partial charge on any atom is -0.481 e. The van der Waals surface area contributed by atoms with Gasteiger partial charge in [-0.2, -0.15) is 0 Å². The van der Waals surface area contributed by atoms with E-state index in [-0.39, 0.29) is 6.42 Å². The van der Waals surface area contributed by atoms with Gasteiger partial charge >= 0.3 is 5.97 Å². The molecule has 0 fully saturated rings. The van der Waals surface area contributed by atoms with Gasteiger partial charge in [0.1, 0.15) is 0 Å². The molecule has 1 aromatic carbocycles. The zero-order valence-corrected chi connectivity index (χ0v) is 9.14. The van der Waals surface area contributed by atoms with E-state index in [1.54, 1.807) is 0 Å². The fourth-order valence-electron chi connectivity index (χ4n) is 1.60. The molecular weight excluding hydrogens is 210 g/mol. The monoisotopic (exact) mass is 223 g/mol. The van der Waals surface area contributed by atoms with Gasteiger partial charge in [-0.25, -0.2) is 0 Å². The molecule has 3 nitrogen and oxygen atoms in total. The van der Waals surface area contributed by atoms with Crippen LogP contribution < -0.4 is 5.32 Å². The summed E-state index contributed by atoms with van der Waals surface area (Å²) < 4.78 is 0. The summed E-state index contributed by atoms with van der Waals surface area (Å²) in [6.07, 6.45) is 1.24. The first-order valence-electron chi connectivity index (χ1n) is 4.97. The van der Waals surface area contributed by atoms with E-state index >= 15 is 0 Å². The van der Waals surface area contributed by atoms with E-state index in [4.69, 9.17) is 5.11 Å². The molecule has 0 bridgehead atoms. The minimum atomic E-state index is -0.781. The fraction of sp³-hybridized carbons (Fsp3) is 0.364. The zero-order valence-electron chi connectivity index (χ0n) is 8.32. The Balaban J connectivity index is 2.23. The Hall–Kier alpha value is -1.16. The van der Waals surface area contributed by atoms with Crippen molar-refractivity contribution in [1.29, 1.82) is 0 Å². The van der Waals surface area contributed by atoms with Gasteiger partial charge in [-0.15, -0.1) is 11.8 Å². The van der Waals surface area contributed by atoms with Crippen LogP contribution in [0.2, 0.25) is 0 Å². The van der Waals surface area contributed by atoms with Gasteiger partial charge in [-0.05, 0) is 29.9 Å². The van der Waals surface area contributed by atoms with Gasteiger partial charge in [-0.3, -0.25) is 4.79 Å². The molecule has 0 unspecified atom stereocenters. The largest absolute Gasteiger partial charge is 0.481 e. The number of carbonyl (C=O) groups is 1. The second-order valence-electron chi connectivity index (χ2n) is 3.53. The van der Waals surface area contributed by atoms with Crippen LogP contribution in [0.15, 0.2) is 23.1 Å². The van der Waals surface area contributed by atoms with Crippen molar-refractivity contribution >= 4 is 23.4 Å². The Labute approximate surface area is 92.9 Å². The molecule has 1 heterocycles. The third kappa shape index (κ3) is 2.65. The van der Waals surface area contributed by atoms with Crippen molar-refractivity contribution in [2.75, 3.05) is 17.6 Å². The Kier molecular flexibility index (Phi) is 3.16. The average molecular weight is 223 g/mol. The predicted octanol–water partition coefficient (Wildman–Crippen LogP) is 2.22. The number of hydrogen-bond acceptors (Lipinski definition) is 3. The van der Waals surface area contributed by atoms with Gasteiger partial charge < -0.3 is 10.4 Å². The van der Waals surface area contributed by atoms with Crippen LogP contribution in [0.25, 0.3) is 0 Å². The van der Waals surface area contributed by atoms with Crippen molar-refractivity contribution in [1.82, 2.24) is 0 Å². The highest BCUT2D eigenvalue weighted by molar-refractivity contribution is 7.99. The number of thioether (sulfide) groups is 1. The average Bonchev–Trinajstić information content (AvgIpc) is 2.41. The topological polar surface area (TPSA) is 49.3 Å². The van der Waals surface area contributed by atoms with Crippen molar-refractivity contribution in [3.8, 4) is 0 Å². The molecule has 0 atom stereocenters. The Morgan fingerprint density at radius 2 is 2.40 bits per heavy atom. The van der Waals surface area contributed by atoms with Crippen molar-refractivity contribution in [2.45, 2.75) is 17.7 Å². The molecule has 0 radical (unpaired) electrons. The number of hydrogen-bond donors (Lipinski definition) is 2. The lowest BCUT2D eigenvalue weighted by Gasteiger charge is -2.08. The molecule has 0 spiro atoms. The van der Waals surface area contributed by atoms with Gasteiger partial charge in [-0.1, -0.05) is 6.07 Å². The number of fused-ring (bicyclic) bond motifs is 1. The molecule has 15 heavy (non-hydrogen) atoms. The molecule has 1 aliphatic rings. The van der Waals surface area contributed by atoms with E-state index in [0.29, 0.717) is 0 Å². The van der Waals surface area contributed by atoms with Crippen LogP contribution in [0.3, 0.4) is 0 Å². The summed E-state index contributed by atoms with van der Waals surface area (Å²) >= 11 is 1.83. The van der Waals surface area contributed by atoms with Crippen molar-refractivity contribution in [3.05, 3.63) is 23.8 Å². The first kappa shape index (κ1) is 10.4. The van der Waals surface area contributed by atoms with Crippen LogP contribution in [0, 0.1) is 0 Å². The minimum absolute atomic E-state index is 0.0969. The predicted molar refractivity (Wildman–Crippen MR) is 61.6 cm³/mol. The summed E-state index contributed by atoms with van der Waals surface area (Å²) in [4.78, 5) is 11.8. The lowest BCUT2D eigenvalue weighted by atomic mass is 10.1. The Bertz CT molecular complexity index is 379. The molecule has 2 rings (SSSR count). The van der Waals surface area contributed by atoms with E-state index < -0.39 is 5.97 Å². The van der Waals surface area contributed by atoms with Crippen molar-refractivity contribution < 1.29 is 9.90 Å². The van der Waals surface area contributed by atoms with E-state index in [9.17, 15) is 4.79 Å². The summed E-state index contributed by atoms with van der Waals surface area (Å²) in [5.74, 6) is 0.342. The number of carboxylic acid groups (broad SMARTS) is 1. The SMILES string of the molecule is O=C(O)Cc1ccc2c(c1)NCCCS2. The summed E-state index contributed by atoms with van der Waals surface area (Å²) in [6, 6.07) is 5.85. The number of anilines is 1. The standard InChI is InChI=1S/C11H13NO2S/c13-11(14)7-8-2-3-10-9(6-8)12-4-1-5-15-10/h2-3,6,12H,1,4-5,7H2,(H,13,14). The molecule has 4 heteroatoms. The summed E-state index contributed by atoms with van der Waals surface area (Å²) in [6.45, 7) is 0.969. The van der Waals surface area contributed by atoms with Crippen LogP contribution in [0.5, 0.6) is 0 Å². The maximum Gasteiger partial charge on any atom is 0.307 e. The first-order chi connectivity index (χ1) is 7.25. The van der Waals surface area contributed by atoms with Gasteiger partial charge in [0.2, 0.25) is 0 Å². The van der Waals surface area contributed by atoms with Crippen LogP contribution in [-0.2, 0) is 11.2 Å². The van der Waals surface area contributed by atoms with Crippen molar-refractivity contribution in [2.24, 2.45) is 0 Å². The van der Waals surface area contributed by atoms with Gasteiger partial charge in [0.25, 0.3) is 0 Å². The third-order valence-electron chi connectivity index (χ3n) is 2.29. The van der Waals surface area contributed by atoms with E-state index in [2.05, 4.69) is 5.32 Å². The number of rotatable bonds is 2. The molecule has 1 aliphatic heterocycles. The Morgan fingerprint density at radius 3 is 3.20 bits per heavy atom. The van der Waals surface area contributed by atoms with E-state index in [0.717, 1.165) is 30.0 Å². The van der Waals surface area contributed by atoms with Crippen LogP contribution in [0.1, 0.15) is 12.0 Å². The lowest BCUT2D eigenvalue weighted by Crippen LogP contribution is -2.03. The van der Waals surface area contributed by atoms with Crippen molar-refractivity contribution in [3.63, 3.8) is 0 Å². The molecule has 2 N–H and O–H groups in total. The van der Waals surface area contributed by atoms with Crippen LogP contribution in [0.4, 0.5) is 5.69 Å². The quantitative estimate of drug-likeness (QED) is 0.807. The fourth-order valence-corrected chi connectivity index (χ4v) is 2.56. The molecule has 0 amide bonds. The van der Waals surface area contributed by atoms with Gasteiger partial charge in [0, 0.05) is 17.1 Å². The summed E-state index contributed by atoms with van der Waals surface area (Å²) in [7, 11) is 0. The molecule has 1 aromatic rings. The van der Waals surface area contributed by atoms with Gasteiger partial charge in [0.15, 0.2) is 0 Å². The normalized spacial score (nSPS) is 14.9. The van der Waals surface area contributed by atoms with Gasteiger partial charge in [0.05, 0.1) is 6.42 Å². The number of nitrogens with one attached hydrogen (secondary N) is 1. The van der Waals surface area contributed by atoms with Crippen LogP contribution >= 0.6 is 11.8 Å². The van der Waals surface area contributed by atoms with Crippen LogP contribution in [-0.4, -0.2) is 23.4 Å². The zero-order chi connectivity index (χ0) is 10.7. The smallest absolute Gasteiger partial charge is 0.307 e. The third-order valence-corrected chi connectivity index (χ3v) is 3.45. The number of benzene rings is 1. The first-order valence-corrected chi connectivity index (χ1v) is 5.95. The number of carboxylic acids is 1. The molecule has 0 aliphatic carbocycles. The van der Waals surface area contributed by atoms with E-state index in [1.165, 1.54) is 4.90 Å². The molecule has 0 aromatic heterocycles. The molecule has 0 saturated heterocycles. The maximum absolute atomic E-state index is 10.6. The highest BCUT2D eigenvalue weighted by Gasteiger charge is 2.09. The van der Waals surface area contributed by atoms with E-state index in [1.807, 2.05) is 30.0 Å². The lowest BCUT2D eigenvalue weighted by molar-refractivity contribution is -0.136.